The van der Waals surface area contributed by atoms with E-state index in [1.54, 1.807) is 17.4 Å². The van der Waals surface area contributed by atoms with Crippen LogP contribution >= 0.6 is 27.3 Å². The molecule has 2 nitrogen and oxygen atoms in total. The van der Waals surface area contributed by atoms with E-state index in [0.717, 1.165) is 27.9 Å². The summed E-state index contributed by atoms with van der Waals surface area (Å²) in [6, 6.07) is 7.01. The molecule has 0 bridgehead atoms. The molecule has 5 heteroatoms. The monoisotopic (exact) mass is 357 g/mol. The maximum absolute atomic E-state index is 13.9. The fourth-order valence-corrected chi connectivity index (χ4v) is 3.20. The summed E-state index contributed by atoms with van der Waals surface area (Å²) in [6.07, 6.45) is 1.05. The first-order valence-electron chi connectivity index (χ1n) is 6.55. The topological polar surface area (TPSA) is 21.3 Å². The Morgan fingerprint density at radius 2 is 2.20 bits per heavy atom. The van der Waals surface area contributed by atoms with Crippen LogP contribution in [0.3, 0.4) is 0 Å². The smallest absolute Gasteiger partial charge is 0.165 e. The van der Waals surface area contributed by atoms with Crippen molar-refractivity contribution in [2.45, 2.75) is 26.5 Å². The molecule has 0 aliphatic carbocycles. The van der Waals surface area contributed by atoms with Crippen LogP contribution < -0.4 is 10.1 Å². The highest BCUT2D eigenvalue weighted by molar-refractivity contribution is 9.10. The van der Waals surface area contributed by atoms with Crippen molar-refractivity contribution < 1.29 is 9.13 Å². The van der Waals surface area contributed by atoms with Crippen LogP contribution in [0.1, 0.15) is 23.8 Å². The van der Waals surface area contributed by atoms with Crippen molar-refractivity contribution in [1.82, 2.24) is 5.32 Å². The van der Waals surface area contributed by atoms with E-state index in [-0.39, 0.29) is 5.82 Å². The van der Waals surface area contributed by atoms with Crippen molar-refractivity contribution >= 4 is 27.3 Å². The highest BCUT2D eigenvalue weighted by Crippen LogP contribution is 2.27. The van der Waals surface area contributed by atoms with Gasteiger partial charge in [-0.15, -0.1) is 11.3 Å². The molecule has 0 amide bonds. The molecule has 0 aliphatic rings. The number of halogens is 2. The van der Waals surface area contributed by atoms with Gasteiger partial charge in [0.2, 0.25) is 0 Å². The van der Waals surface area contributed by atoms with Crippen molar-refractivity contribution in [3.8, 4) is 5.75 Å². The summed E-state index contributed by atoms with van der Waals surface area (Å²) in [5, 5.41) is 5.25. The van der Waals surface area contributed by atoms with E-state index in [2.05, 4.69) is 28.2 Å². The Bertz CT molecular complexity index is 559. The summed E-state index contributed by atoms with van der Waals surface area (Å²) in [5.41, 5.74) is 0.853. The van der Waals surface area contributed by atoms with Crippen LogP contribution in [-0.2, 0) is 13.2 Å². The van der Waals surface area contributed by atoms with Crippen LogP contribution in [-0.4, -0.2) is 6.54 Å². The van der Waals surface area contributed by atoms with Crippen molar-refractivity contribution in [3.63, 3.8) is 0 Å². The molecule has 0 spiro atoms. The Labute approximate surface area is 131 Å². The normalized spacial score (nSPS) is 10.8. The maximum Gasteiger partial charge on any atom is 0.165 e. The Morgan fingerprint density at radius 3 is 2.90 bits per heavy atom. The minimum absolute atomic E-state index is 0.312. The van der Waals surface area contributed by atoms with Crippen LogP contribution in [0.5, 0.6) is 5.75 Å². The molecule has 2 aromatic rings. The predicted octanol–water partition coefficient (Wildman–Crippen LogP) is 4.73. The lowest BCUT2D eigenvalue weighted by Gasteiger charge is -2.12. The van der Waals surface area contributed by atoms with Crippen molar-refractivity contribution in [2.24, 2.45) is 0 Å². The van der Waals surface area contributed by atoms with Gasteiger partial charge in [-0.25, -0.2) is 4.39 Å². The Kier molecular flexibility index (Phi) is 6.01. The van der Waals surface area contributed by atoms with Crippen molar-refractivity contribution in [1.29, 1.82) is 0 Å². The molecule has 20 heavy (non-hydrogen) atoms. The first-order chi connectivity index (χ1) is 9.72. The second-order valence-electron chi connectivity index (χ2n) is 4.39. The van der Waals surface area contributed by atoms with E-state index in [9.17, 15) is 4.39 Å². The average Bonchev–Trinajstić information content (AvgIpc) is 2.84. The first kappa shape index (κ1) is 15.5. The van der Waals surface area contributed by atoms with Gasteiger partial charge in [-0.2, -0.15) is 0 Å². The largest absolute Gasteiger partial charge is 0.485 e. The van der Waals surface area contributed by atoms with Gasteiger partial charge < -0.3 is 10.1 Å². The van der Waals surface area contributed by atoms with E-state index < -0.39 is 0 Å². The number of thiophene rings is 1. The number of rotatable bonds is 7. The Hall–Kier alpha value is -0.910. The Morgan fingerprint density at radius 1 is 1.35 bits per heavy atom. The van der Waals surface area contributed by atoms with Gasteiger partial charge in [-0.3, -0.25) is 0 Å². The maximum atomic E-state index is 13.9. The molecule has 0 atom stereocenters. The average molecular weight is 358 g/mol. The van der Waals surface area contributed by atoms with E-state index in [0.29, 0.717) is 18.9 Å². The van der Waals surface area contributed by atoms with Gasteiger partial charge in [-0.05, 0) is 46.4 Å². The molecule has 0 saturated heterocycles. The van der Waals surface area contributed by atoms with Crippen LogP contribution in [0.15, 0.2) is 34.1 Å². The second kappa shape index (κ2) is 7.76. The molecule has 0 unspecified atom stereocenters. The van der Waals surface area contributed by atoms with E-state index in [1.165, 1.54) is 6.07 Å². The van der Waals surface area contributed by atoms with E-state index in [4.69, 9.17) is 4.74 Å². The van der Waals surface area contributed by atoms with Gasteiger partial charge in [0.25, 0.3) is 0 Å². The fraction of sp³-hybridized carbons (Fsp3) is 0.333. The number of benzene rings is 1. The third-order valence-electron chi connectivity index (χ3n) is 2.83. The van der Waals surface area contributed by atoms with E-state index >= 15 is 0 Å². The minimum atomic E-state index is -0.312. The van der Waals surface area contributed by atoms with Crippen LogP contribution in [0, 0.1) is 5.82 Å². The number of hydrogen-bond donors (Lipinski definition) is 1. The first-order valence-corrected chi connectivity index (χ1v) is 8.22. The molecule has 0 radical (unpaired) electrons. The summed E-state index contributed by atoms with van der Waals surface area (Å²) >= 11 is 5.04. The molecule has 1 N–H and O–H groups in total. The van der Waals surface area contributed by atoms with Crippen LogP contribution in [0.2, 0.25) is 0 Å². The lowest BCUT2D eigenvalue weighted by atomic mass is 10.2. The van der Waals surface area contributed by atoms with Gasteiger partial charge in [0, 0.05) is 16.6 Å². The molecule has 0 aliphatic heterocycles. The summed E-state index contributed by atoms with van der Waals surface area (Å²) in [5.74, 6) is 0.0323. The predicted molar refractivity (Wildman–Crippen MR) is 84.7 cm³/mol. The zero-order chi connectivity index (χ0) is 14.4. The molecule has 108 valence electrons. The summed E-state index contributed by atoms with van der Waals surface area (Å²) in [6.45, 7) is 4.00. The molecule has 0 saturated carbocycles. The minimum Gasteiger partial charge on any atom is -0.485 e. The quantitative estimate of drug-likeness (QED) is 0.723. The van der Waals surface area contributed by atoms with Gasteiger partial charge in [0.05, 0.1) is 4.88 Å². The lowest BCUT2D eigenvalue weighted by Crippen LogP contribution is -2.15. The summed E-state index contributed by atoms with van der Waals surface area (Å²) in [7, 11) is 0. The van der Waals surface area contributed by atoms with Gasteiger partial charge in [-0.1, -0.05) is 19.1 Å². The highest BCUT2D eigenvalue weighted by Gasteiger charge is 2.11. The standard InChI is InChI=1S/C15H17BrFNOS/c1-2-7-18-9-11-4-3-5-13(17)15(11)19-10-14-12(16)6-8-20-14/h3-6,8,18H,2,7,9-10H2,1H3. The highest BCUT2D eigenvalue weighted by atomic mass is 79.9. The third-order valence-corrected chi connectivity index (χ3v) is 4.73. The molecular weight excluding hydrogens is 341 g/mol. The molecule has 1 aromatic carbocycles. The molecular formula is C15H17BrFNOS. The summed E-state index contributed by atoms with van der Waals surface area (Å²) in [4.78, 5) is 1.06. The number of hydrogen-bond acceptors (Lipinski definition) is 3. The second-order valence-corrected chi connectivity index (χ2v) is 6.24. The SMILES string of the molecule is CCCNCc1cccc(F)c1OCc1sccc1Br. The Balaban J connectivity index is 2.07. The molecule has 1 aromatic heterocycles. The molecule has 1 heterocycles. The summed E-state index contributed by atoms with van der Waals surface area (Å²) < 4.78 is 20.6. The zero-order valence-corrected chi connectivity index (χ0v) is 13.7. The number of para-hydroxylation sites is 1. The van der Waals surface area contributed by atoms with Gasteiger partial charge in [0.15, 0.2) is 11.6 Å². The van der Waals surface area contributed by atoms with Crippen molar-refractivity contribution in [2.75, 3.05) is 6.54 Å². The van der Waals surface area contributed by atoms with Crippen LogP contribution in [0.4, 0.5) is 4.39 Å². The van der Waals surface area contributed by atoms with Crippen LogP contribution in [0.25, 0.3) is 0 Å². The lowest BCUT2D eigenvalue weighted by molar-refractivity contribution is 0.288. The number of ether oxygens (including phenoxy) is 1. The molecule has 0 fully saturated rings. The zero-order valence-electron chi connectivity index (χ0n) is 11.3. The fourth-order valence-electron chi connectivity index (χ4n) is 1.82. The van der Waals surface area contributed by atoms with Crippen molar-refractivity contribution in [3.05, 3.63) is 50.4 Å². The molecule has 2 rings (SSSR count). The third kappa shape index (κ3) is 4.04. The number of nitrogens with one attached hydrogen (secondary N) is 1. The van der Waals surface area contributed by atoms with E-state index in [1.807, 2.05) is 17.5 Å². The van der Waals surface area contributed by atoms with Gasteiger partial charge in [0.1, 0.15) is 6.61 Å². The van der Waals surface area contributed by atoms with Gasteiger partial charge >= 0.3 is 0 Å².